The smallest absolute Gasteiger partial charge is 0.308 e. The molecule has 0 aromatic carbocycles. The number of hydrogen-bond acceptors (Lipinski definition) is 3. The van der Waals surface area contributed by atoms with Crippen LogP contribution < -0.4 is 0 Å². The molecule has 1 aliphatic rings. The predicted molar refractivity (Wildman–Crippen MR) is 56.7 cm³/mol. The van der Waals surface area contributed by atoms with Crippen molar-refractivity contribution in [1.82, 2.24) is 0 Å². The van der Waals surface area contributed by atoms with Gasteiger partial charge in [0.05, 0.1) is 17.4 Å². The molecular formula is C9H12BrNO3. The molecule has 0 radical (unpaired) electrons. The largest absolute Gasteiger partial charge is 0.349 e. The Morgan fingerprint density at radius 1 is 1.71 bits per heavy atom. The van der Waals surface area contributed by atoms with Crippen LogP contribution in [0, 0.1) is 10.1 Å². The maximum absolute atomic E-state index is 10.9. The molecule has 1 rings (SSSR count). The Bertz CT molecular complexity index is 298. The second kappa shape index (κ2) is 4.23. The molecule has 0 aliphatic heterocycles. The quantitative estimate of drug-likeness (QED) is 0.446. The van der Waals surface area contributed by atoms with Crippen molar-refractivity contribution in [3.63, 3.8) is 0 Å². The van der Waals surface area contributed by atoms with Crippen LogP contribution in [0.15, 0.2) is 22.7 Å². The van der Waals surface area contributed by atoms with Crippen LogP contribution >= 0.6 is 15.9 Å². The maximum Gasteiger partial charge on any atom is 0.349 e. The maximum atomic E-state index is 10.9. The van der Waals surface area contributed by atoms with E-state index in [-0.39, 0.29) is 12.5 Å². The highest BCUT2D eigenvalue weighted by atomic mass is 79.9. The van der Waals surface area contributed by atoms with Crippen molar-refractivity contribution in [3.05, 3.63) is 32.8 Å². The topological polar surface area (TPSA) is 52.4 Å². The van der Waals surface area contributed by atoms with Gasteiger partial charge >= 0.3 is 5.72 Å². The summed E-state index contributed by atoms with van der Waals surface area (Å²) in [5.41, 5.74) is -1.40. The minimum atomic E-state index is -1.40. The van der Waals surface area contributed by atoms with E-state index in [2.05, 4.69) is 15.9 Å². The molecule has 14 heavy (non-hydrogen) atoms. The van der Waals surface area contributed by atoms with Crippen LogP contribution in [-0.2, 0) is 4.74 Å². The zero-order valence-electron chi connectivity index (χ0n) is 8.07. The highest BCUT2D eigenvalue weighted by molar-refractivity contribution is 9.11. The van der Waals surface area contributed by atoms with Gasteiger partial charge in [-0.15, -0.1) is 0 Å². The van der Waals surface area contributed by atoms with Crippen molar-refractivity contribution < 1.29 is 9.66 Å². The van der Waals surface area contributed by atoms with Crippen molar-refractivity contribution >= 4 is 15.9 Å². The van der Waals surface area contributed by atoms with Gasteiger partial charge in [0.1, 0.15) is 0 Å². The Kier molecular flexibility index (Phi) is 3.44. The van der Waals surface area contributed by atoms with Gasteiger partial charge in [0.2, 0.25) is 0 Å². The Hall–Kier alpha value is -0.680. The Morgan fingerprint density at radius 2 is 2.36 bits per heavy atom. The molecule has 0 N–H and O–H groups in total. The third-order valence-corrected chi connectivity index (χ3v) is 2.29. The Balaban J connectivity index is 2.94. The molecule has 0 spiro atoms. The van der Waals surface area contributed by atoms with Crippen molar-refractivity contribution in [2.45, 2.75) is 32.1 Å². The molecule has 0 aromatic heterocycles. The van der Waals surface area contributed by atoms with Crippen LogP contribution in [0.25, 0.3) is 0 Å². The molecule has 0 aromatic rings. The molecule has 0 amide bonds. The monoisotopic (exact) mass is 261 g/mol. The second-order valence-corrected chi connectivity index (χ2v) is 4.32. The summed E-state index contributed by atoms with van der Waals surface area (Å²) in [4.78, 5) is 10.5. The van der Waals surface area contributed by atoms with Crippen LogP contribution in [0.5, 0.6) is 0 Å². The van der Waals surface area contributed by atoms with Gasteiger partial charge in [-0.05, 0) is 13.8 Å². The van der Waals surface area contributed by atoms with Crippen LogP contribution in [0.2, 0.25) is 0 Å². The van der Waals surface area contributed by atoms with Gasteiger partial charge in [-0.1, -0.05) is 28.1 Å². The van der Waals surface area contributed by atoms with Crippen molar-refractivity contribution in [2.75, 3.05) is 0 Å². The molecule has 78 valence electrons. The lowest BCUT2D eigenvalue weighted by atomic mass is 10.1. The Morgan fingerprint density at radius 3 is 2.79 bits per heavy atom. The van der Waals surface area contributed by atoms with Crippen molar-refractivity contribution in [2.24, 2.45) is 0 Å². The third kappa shape index (κ3) is 2.42. The van der Waals surface area contributed by atoms with Crippen LogP contribution in [-0.4, -0.2) is 16.8 Å². The molecule has 1 unspecified atom stereocenters. The molecule has 0 heterocycles. The van der Waals surface area contributed by atoms with E-state index in [1.165, 1.54) is 6.08 Å². The zero-order valence-corrected chi connectivity index (χ0v) is 9.65. The van der Waals surface area contributed by atoms with E-state index >= 15 is 0 Å². The fourth-order valence-corrected chi connectivity index (χ4v) is 1.87. The normalized spacial score (nSPS) is 26.4. The second-order valence-electron chi connectivity index (χ2n) is 3.40. The van der Waals surface area contributed by atoms with Gasteiger partial charge in [-0.3, -0.25) is 10.1 Å². The van der Waals surface area contributed by atoms with Gasteiger partial charge in [0, 0.05) is 10.6 Å². The SMILES string of the molecule is CC(C)OC1([N+](=O)[O-])C=C(Br)C=CC1. The zero-order chi connectivity index (χ0) is 10.8. The summed E-state index contributed by atoms with van der Waals surface area (Å²) in [7, 11) is 0. The highest BCUT2D eigenvalue weighted by Gasteiger charge is 2.43. The van der Waals surface area contributed by atoms with E-state index in [1.807, 2.05) is 0 Å². The average molecular weight is 262 g/mol. The molecule has 4 nitrogen and oxygen atoms in total. The fraction of sp³-hybridized carbons (Fsp3) is 0.556. The predicted octanol–water partition coefficient (Wildman–Crippen LogP) is 2.62. The summed E-state index contributed by atoms with van der Waals surface area (Å²) in [5.74, 6) is 0. The molecule has 1 aliphatic carbocycles. The molecule has 1 atom stereocenters. The first-order chi connectivity index (χ1) is 6.46. The van der Waals surface area contributed by atoms with E-state index in [0.29, 0.717) is 4.48 Å². The number of nitrogens with zero attached hydrogens (tertiary/aromatic N) is 1. The summed E-state index contributed by atoms with van der Waals surface area (Å²) < 4.78 is 6.04. The van der Waals surface area contributed by atoms with E-state index < -0.39 is 10.6 Å². The lowest BCUT2D eigenvalue weighted by molar-refractivity contribution is -0.616. The first-order valence-corrected chi connectivity index (χ1v) is 5.13. The highest BCUT2D eigenvalue weighted by Crippen LogP contribution is 2.29. The van der Waals surface area contributed by atoms with Crippen LogP contribution in [0.4, 0.5) is 0 Å². The third-order valence-electron chi connectivity index (χ3n) is 1.80. The van der Waals surface area contributed by atoms with E-state index in [4.69, 9.17) is 4.74 Å². The standard InChI is InChI=1S/C9H12BrNO3/c1-7(2)14-9(11(12)13)5-3-4-8(10)6-9/h3-4,6-7H,5H2,1-2H3. The van der Waals surface area contributed by atoms with Crippen LogP contribution in [0.1, 0.15) is 20.3 Å². The number of rotatable bonds is 3. The van der Waals surface area contributed by atoms with Gasteiger partial charge in [-0.25, -0.2) is 0 Å². The fourth-order valence-electron chi connectivity index (χ4n) is 1.32. The lowest BCUT2D eigenvalue weighted by Gasteiger charge is -2.25. The average Bonchev–Trinajstić information content (AvgIpc) is 2.02. The molecule has 0 saturated carbocycles. The number of ether oxygens (including phenoxy) is 1. The summed E-state index contributed by atoms with van der Waals surface area (Å²) in [5, 5.41) is 10.9. The summed E-state index contributed by atoms with van der Waals surface area (Å²) in [6, 6.07) is 0. The number of hydrogen-bond donors (Lipinski definition) is 0. The first kappa shape index (κ1) is 11.4. The van der Waals surface area contributed by atoms with E-state index in [0.717, 1.165) is 0 Å². The number of halogens is 1. The molecule has 0 saturated heterocycles. The van der Waals surface area contributed by atoms with Crippen LogP contribution in [0.3, 0.4) is 0 Å². The van der Waals surface area contributed by atoms with Crippen molar-refractivity contribution in [3.8, 4) is 0 Å². The van der Waals surface area contributed by atoms with Gasteiger partial charge in [0.15, 0.2) is 0 Å². The lowest BCUT2D eigenvalue weighted by Crippen LogP contribution is -2.42. The minimum absolute atomic E-state index is 0.177. The molecule has 5 heteroatoms. The summed E-state index contributed by atoms with van der Waals surface area (Å²) in [6.45, 7) is 3.57. The molecule has 0 fully saturated rings. The van der Waals surface area contributed by atoms with Gasteiger partial charge in [-0.2, -0.15) is 0 Å². The van der Waals surface area contributed by atoms with Crippen molar-refractivity contribution in [1.29, 1.82) is 0 Å². The number of allylic oxidation sites excluding steroid dienone is 2. The van der Waals surface area contributed by atoms with E-state index in [1.54, 1.807) is 26.0 Å². The first-order valence-electron chi connectivity index (χ1n) is 4.33. The van der Waals surface area contributed by atoms with Gasteiger partial charge < -0.3 is 4.74 Å². The van der Waals surface area contributed by atoms with E-state index in [9.17, 15) is 10.1 Å². The van der Waals surface area contributed by atoms with Gasteiger partial charge in [0.25, 0.3) is 0 Å². The summed E-state index contributed by atoms with van der Waals surface area (Å²) >= 11 is 3.21. The molecular weight excluding hydrogens is 250 g/mol. The number of nitro groups is 1. The molecule has 0 bridgehead atoms. The minimum Gasteiger partial charge on any atom is -0.308 e. The Labute approximate surface area is 90.9 Å². The summed E-state index contributed by atoms with van der Waals surface area (Å²) in [6.07, 6.45) is 5.10.